The Morgan fingerprint density at radius 1 is 0.900 bits per heavy atom. The Hall–Kier alpha value is -0.250. The van der Waals surface area contributed by atoms with Gasteiger partial charge in [-0.15, -0.1) is 0 Å². The zero-order valence-electron chi connectivity index (χ0n) is 12.7. The molecule has 118 valence electrons. The van der Waals surface area contributed by atoms with Crippen LogP contribution in [0.2, 0.25) is 0 Å². The molecule has 0 aromatic rings. The first kappa shape index (κ1) is 16.1. The molecule has 1 N–H and O–H groups in total. The van der Waals surface area contributed by atoms with Crippen molar-refractivity contribution in [3.8, 4) is 0 Å². The van der Waals surface area contributed by atoms with Gasteiger partial charge in [-0.2, -0.15) is 13.2 Å². The summed E-state index contributed by atoms with van der Waals surface area (Å²) >= 11 is 0. The molecule has 0 bridgehead atoms. The average molecular weight is 291 g/mol. The highest BCUT2D eigenvalue weighted by Crippen LogP contribution is 2.38. The van der Waals surface area contributed by atoms with Gasteiger partial charge in [0.1, 0.15) is 0 Å². The van der Waals surface area contributed by atoms with Crippen molar-refractivity contribution < 1.29 is 13.2 Å². The summed E-state index contributed by atoms with van der Waals surface area (Å²) in [4.78, 5) is 0. The topological polar surface area (TPSA) is 12.0 Å². The van der Waals surface area contributed by atoms with Gasteiger partial charge in [-0.25, -0.2) is 0 Å². The van der Waals surface area contributed by atoms with Crippen LogP contribution in [0.1, 0.15) is 65.2 Å². The minimum atomic E-state index is -3.99. The minimum absolute atomic E-state index is 0.304. The van der Waals surface area contributed by atoms with Crippen molar-refractivity contribution in [3.63, 3.8) is 0 Å². The number of nitrogens with one attached hydrogen (secondary N) is 1. The third-order valence-corrected chi connectivity index (χ3v) is 5.32. The van der Waals surface area contributed by atoms with Gasteiger partial charge in [0, 0.05) is 12.1 Å². The fraction of sp³-hybridized carbons (Fsp3) is 1.00. The average Bonchev–Trinajstić information content (AvgIpc) is 2.38. The van der Waals surface area contributed by atoms with Crippen molar-refractivity contribution in [1.82, 2.24) is 5.32 Å². The first-order valence-electron chi connectivity index (χ1n) is 8.20. The fourth-order valence-electron chi connectivity index (χ4n) is 4.05. The van der Waals surface area contributed by atoms with Crippen LogP contribution in [0, 0.1) is 17.8 Å². The molecule has 2 aliphatic carbocycles. The van der Waals surface area contributed by atoms with E-state index in [1.54, 1.807) is 0 Å². The van der Waals surface area contributed by atoms with Crippen molar-refractivity contribution in [1.29, 1.82) is 0 Å². The van der Waals surface area contributed by atoms with Crippen molar-refractivity contribution in [3.05, 3.63) is 0 Å². The summed E-state index contributed by atoms with van der Waals surface area (Å²) in [5, 5.41) is 3.69. The molecule has 4 heteroatoms. The van der Waals surface area contributed by atoms with Gasteiger partial charge in [0.25, 0.3) is 0 Å². The van der Waals surface area contributed by atoms with Crippen LogP contribution in [-0.2, 0) is 0 Å². The van der Waals surface area contributed by atoms with E-state index in [-0.39, 0.29) is 0 Å². The lowest BCUT2D eigenvalue weighted by molar-refractivity contribution is -0.182. The highest BCUT2D eigenvalue weighted by atomic mass is 19.4. The van der Waals surface area contributed by atoms with Crippen molar-refractivity contribution in [2.75, 3.05) is 0 Å². The third kappa shape index (κ3) is 4.12. The van der Waals surface area contributed by atoms with Crippen LogP contribution in [0.4, 0.5) is 13.2 Å². The number of halogens is 3. The summed E-state index contributed by atoms with van der Waals surface area (Å²) in [5.74, 6) is 0.302. The Balaban J connectivity index is 1.82. The van der Waals surface area contributed by atoms with Crippen LogP contribution in [-0.4, -0.2) is 18.3 Å². The van der Waals surface area contributed by atoms with Gasteiger partial charge in [0.15, 0.2) is 0 Å². The van der Waals surface area contributed by atoms with Crippen LogP contribution in [0.25, 0.3) is 0 Å². The van der Waals surface area contributed by atoms with E-state index in [1.807, 2.05) is 0 Å². The minimum Gasteiger partial charge on any atom is -0.311 e. The normalized spacial score (nSPS) is 36.3. The number of alkyl halides is 3. The summed E-state index contributed by atoms with van der Waals surface area (Å²) < 4.78 is 38.0. The molecule has 0 aliphatic heterocycles. The van der Waals surface area contributed by atoms with Crippen molar-refractivity contribution in [2.45, 2.75) is 83.5 Å². The third-order valence-electron chi connectivity index (χ3n) is 5.32. The molecular formula is C16H28F3N. The predicted molar refractivity (Wildman–Crippen MR) is 75.5 cm³/mol. The highest BCUT2D eigenvalue weighted by Gasteiger charge is 2.42. The van der Waals surface area contributed by atoms with Crippen LogP contribution in [0.5, 0.6) is 0 Å². The highest BCUT2D eigenvalue weighted by molar-refractivity contribution is 4.88. The van der Waals surface area contributed by atoms with Gasteiger partial charge in [0.2, 0.25) is 0 Å². The predicted octanol–water partition coefficient (Wildman–Crippen LogP) is 4.91. The molecule has 2 atom stereocenters. The summed E-state index contributed by atoms with van der Waals surface area (Å²) in [6.45, 7) is 4.54. The zero-order chi connectivity index (χ0) is 14.8. The van der Waals surface area contributed by atoms with Gasteiger partial charge in [0.05, 0.1) is 5.92 Å². The van der Waals surface area contributed by atoms with Crippen LogP contribution in [0.3, 0.4) is 0 Å². The second-order valence-corrected chi connectivity index (χ2v) is 7.06. The monoisotopic (exact) mass is 291 g/mol. The first-order valence-corrected chi connectivity index (χ1v) is 8.20. The largest absolute Gasteiger partial charge is 0.391 e. The molecule has 0 aromatic carbocycles. The Bertz CT molecular complexity index is 293. The van der Waals surface area contributed by atoms with Crippen molar-refractivity contribution in [2.24, 2.45) is 17.8 Å². The molecule has 20 heavy (non-hydrogen) atoms. The van der Waals surface area contributed by atoms with Crippen LogP contribution in [0.15, 0.2) is 0 Å². The molecule has 2 saturated carbocycles. The van der Waals surface area contributed by atoms with E-state index in [4.69, 9.17) is 0 Å². The summed E-state index contributed by atoms with van der Waals surface area (Å²) in [6.07, 6.45) is 3.03. The molecule has 1 nitrogen and oxygen atoms in total. The summed E-state index contributed by atoms with van der Waals surface area (Å²) in [5.41, 5.74) is 0. The number of hydrogen-bond donors (Lipinski definition) is 1. The number of hydrogen-bond acceptors (Lipinski definition) is 1. The van der Waals surface area contributed by atoms with Gasteiger partial charge < -0.3 is 5.32 Å². The van der Waals surface area contributed by atoms with E-state index < -0.39 is 12.1 Å². The Labute approximate surface area is 120 Å². The van der Waals surface area contributed by atoms with Crippen LogP contribution >= 0.6 is 0 Å². The lowest BCUT2D eigenvalue weighted by Gasteiger charge is -2.39. The van der Waals surface area contributed by atoms with Gasteiger partial charge in [-0.1, -0.05) is 26.7 Å². The molecule has 2 unspecified atom stereocenters. The van der Waals surface area contributed by atoms with E-state index >= 15 is 0 Å². The number of rotatable bonds is 3. The van der Waals surface area contributed by atoms with Gasteiger partial charge in [-0.05, 0) is 50.4 Å². The Kier molecular flexibility index (Phi) is 5.38. The van der Waals surface area contributed by atoms with E-state index in [0.29, 0.717) is 49.6 Å². The summed E-state index contributed by atoms with van der Waals surface area (Å²) in [7, 11) is 0. The molecule has 0 heterocycles. The molecule has 2 rings (SSSR count). The van der Waals surface area contributed by atoms with Gasteiger partial charge >= 0.3 is 6.18 Å². The van der Waals surface area contributed by atoms with Gasteiger partial charge in [-0.3, -0.25) is 0 Å². The molecule has 0 spiro atoms. The summed E-state index contributed by atoms with van der Waals surface area (Å²) in [6, 6.07) is 0.828. The lowest BCUT2D eigenvalue weighted by Crippen LogP contribution is -2.47. The maximum atomic E-state index is 12.7. The molecule has 2 fully saturated rings. The van der Waals surface area contributed by atoms with Crippen LogP contribution < -0.4 is 5.32 Å². The quantitative estimate of drug-likeness (QED) is 0.779. The molecule has 0 amide bonds. The van der Waals surface area contributed by atoms with E-state index in [1.165, 1.54) is 25.7 Å². The Morgan fingerprint density at radius 2 is 1.50 bits per heavy atom. The molecule has 0 aromatic heterocycles. The smallest absolute Gasteiger partial charge is 0.311 e. The standard InChI is InChI=1S/C16H28F3N/c1-11(2)14-5-3-4-6-15(14)20-13-9-7-12(8-10-13)16(17,18)19/h11-15,20H,3-10H2,1-2H3. The maximum Gasteiger partial charge on any atom is 0.391 e. The first-order chi connectivity index (χ1) is 9.38. The SMILES string of the molecule is CC(C)C1CCCCC1NC1CCC(C(F)(F)F)CC1. The maximum absolute atomic E-state index is 12.7. The zero-order valence-corrected chi connectivity index (χ0v) is 12.7. The molecule has 0 radical (unpaired) electrons. The fourth-order valence-corrected chi connectivity index (χ4v) is 4.05. The molecule has 0 saturated heterocycles. The van der Waals surface area contributed by atoms with E-state index in [0.717, 1.165) is 0 Å². The van der Waals surface area contributed by atoms with E-state index in [2.05, 4.69) is 19.2 Å². The van der Waals surface area contributed by atoms with Crippen molar-refractivity contribution >= 4 is 0 Å². The Morgan fingerprint density at radius 3 is 2.05 bits per heavy atom. The molecular weight excluding hydrogens is 263 g/mol. The lowest BCUT2D eigenvalue weighted by atomic mass is 9.76. The second kappa shape index (κ2) is 6.67. The second-order valence-electron chi connectivity index (χ2n) is 7.06. The van der Waals surface area contributed by atoms with E-state index in [9.17, 15) is 13.2 Å². The molecule has 2 aliphatic rings.